The van der Waals surface area contributed by atoms with Gasteiger partial charge in [-0.15, -0.1) is 0 Å². The van der Waals surface area contributed by atoms with Crippen LogP contribution in [0.1, 0.15) is 48.5 Å². The molecule has 184 valence electrons. The second-order valence-corrected chi connectivity index (χ2v) is 12.0. The first kappa shape index (κ1) is 28.5. The van der Waals surface area contributed by atoms with E-state index in [1.165, 1.54) is 0 Å². The highest BCUT2D eigenvalue weighted by Gasteiger charge is 2.33. The summed E-state index contributed by atoms with van der Waals surface area (Å²) in [6.07, 6.45) is 7.89. The van der Waals surface area contributed by atoms with E-state index in [2.05, 4.69) is 47.3 Å². The highest BCUT2D eigenvalue weighted by molar-refractivity contribution is 9.10. The van der Waals surface area contributed by atoms with Crippen molar-refractivity contribution in [3.8, 4) is 0 Å². The summed E-state index contributed by atoms with van der Waals surface area (Å²) in [6, 6.07) is 5.87. The first-order valence-electron chi connectivity index (χ1n) is 11.4. The lowest BCUT2D eigenvalue weighted by Crippen LogP contribution is -2.35. The predicted molar refractivity (Wildman–Crippen MR) is 150 cm³/mol. The van der Waals surface area contributed by atoms with Crippen LogP contribution in [0.25, 0.3) is 0 Å². The van der Waals surface area contributed by atoms with E-state index in [0.29, 0.717) is 23.7 Å². The number of hydrogen-bond donors (Lipinski definition) is 0. The summed E-state index contributed by atoms with van der Waals surface area (Å²) in [6.45, 7) is 19.2. The highest BCUT2D eigenvalue weighted by atomic mass is 79.9. The van der Waals surface area contributed by atoms with E-state index in [4.69, 9.17) is 16.3 Å². The summed E-state index contributed by atoms with van der Waals surface area (Å²) in [5.74, 6) is -0.146. The first-order valence-corrected chi connectivity index (χ1v) is 13.4. The molecule has 6 heteroatoms. The Hall–Kier alpha value is -1.69. The molecule has 0 aromatic heterocycles. The molecule has 0 radical (unpaired) electrons. The molecule has 1 aliphatic heterocycles. The molecule has 0 aliphatic carbocycles. The van der Waals surface area contributed by atoms with Crippen molar-refractivity contribution in [2.75, 3.05) is 13.1 Å². The van der Waals surface area contributed by atoms with Gasteiger partial charge in [0.2, 0.25) is 0 Å². The number of benzene rings is 1. The van der Waals surface area contributed by atoms with Gasteiger partial charge < -0.3 is 9.64 Å². The largest absolute Gasteiger partial charge is 0.456 e. The maximum atomic E-state index is 13.5. The number of carbonyl (C=O) groups is 1. The van der Waals surface area contributed by atoms with Crippen LogP contribution in [0.15, 0.2) is 85.8 Å². The van der Waals surface area contributed by atoms with Crippen LogP contribution in [0, 0.1) is 5.92 Å². The minimum Gasteiger partial charge on any atom is -0.456 e. The number of nitrogens with zero attached hydrogens (tertiary/aromatic N) is 1. The van der Waals surface area contributed by atoms with Crippen molar-refractivity contribution < 1.29 is 9.53 Å². The monoisotopic (exact) mass is 563 g/mol. The second-order valence-electron chi connectivity index (χ2n) is 9.49. The number of carbonyl (C=O) groups excluding carboxylic acids is 1. The number of hydrogen-bond acceptors (Lipinski definition) is 4. The maximum Gasteiger partial charge on any atom is 0.340 e. The van der Waals surface area contributed by atoms with Crippen molar-refractivity contribution in [1.29, 1.82) is 0 Å². The van der Waals surface area contributed by atoms with E-state index in [1.54, 1.807) is 17.8 Å². The fourth-order valence-electron chi connectivity index (χ4n) is 3.81. The van der Waals surface area contributed by atoms with Gasteiger partial charge in [-0.25, -0.2) is 4.79 Å². The van der Waals surface area contributed by atoms with Gasteiger partial charge in [0, 0.05) is 38.1 Å². The maximum absolute atomic E-state index is 13.5. The van der Waals surface area contributed by atoms with E-state index in [0.717, 1.165) is 31.1 Å². The minimum absolute atomic E-state index is 0.142. The van der Waals surface area contributed by atoms with Crippen LogP contribution >= 0.6 is 39.3 Å². The molecule has 0 fully saturated rings. The average Bonchev–Trinajstić information content (AvgIpc) is 2.67. The quantitative estimate of drug-likeness (QED) is 0.233. The van der Waals surface area contributed by atoms with E-state index in [9.17, 15) is 4.79 Å². The molecule has 0 spiro atoms. The molecule has 0 amide bonds. The molecule has 1 aliphatic rings. The smallest absolute Gasteiger partial charge is 0.340 e. The van der Waals surface area contributed by atoms with Gasteiger partial charge in [0.15, 0.2) is 0 Å². The fourth-order valence-corrected chi connectivity index (χ4v) is 6.21. The van der Waals surface area contributed by atoms with Gasteiger partial charge in [-0.1, -0.05) is 84.0 Å². The standard InChI is InChI=1S/C28H35BrClNO2S/c1-9-11-20(12-10-2)16-31-17-24(34-23-14-21(29)13-22(30)15-23)25(18(3)4)26(19(31)5)27(32)33-28(6,7)8/h9-15,18H,1,16-17H2,2-8H3/b12-10-,20-11+. The zero-order valence-electron chi connectivity index (χ0n) is 21.2. The Morgan fingerprint density at radius 2 is 2.00 bits per heavy atom. The molecule has 1 aromatic carbocycles. The van der Waals surface area contributed by atoms with Crippen LogP contribution in [0.3, 0.4) is 0 Å². The molecule has 0 saturated heterocycles. The SMILES string of the molecule is C=C/C=C(\C=C/C)CN1CC(Sc2cc(Cl)cc(Br)c2)=C(C(C)C)C(C(=O)OC(C)(C)C)=C1C. The third-order valence-electron chi connectivity index (χ3n) is 5.08. The summed E-state index contributed by atoms with van der Waals surface area (Å²) in [5, 5.41) is 0.666. The summed E-state index contributed by atoms with van der Waals surface area (Å²) in [4.78, 5) is 17.9. The van der Waals surface area contributed by atoms with Gasteiger partial charge >= 0.3 is 5.97 Å². The molecule has 1 aromatic rings. The van der Waals surface area contributed by atoms with E-state index in [-0.39, 0.29) is 11.9 Å². The Morgan fingerprint density at radius 3 is 2.53 bits per heavy atom. The third kappa shape index (κ3) is 7.93. The molecule has 34 heavy (non-hydrogen) atoms. The Morgan fingerprint density at radius 1 is 1.32 bits per heavy atom. The zero-order valence-corrected chi connectivity index (χ0v) is 24.3. The lowest BCUT2D eigenvalue weighted by molar-refractivity contribution is -0.149. The first-order chi connectivity index (χ1) is 15.9. The molecule has 3 nitrogen and oxygen atoms in total. The number of esters is 1. The Bertz CT molecular complexity index is 1040. The van der Waals surface area contributed by atoms with Gasteiger partial charge in [0.05, 0.1) is 5.57 Å². The Balaban J connectivity index is 2.66. The van der Waals surface area contributed by atoms with Crippen LogP contribution in [-0.4, -0.2) is 29.6 Å². The Kier molecular flexibility index (Phi) is 10.3. The fraction of sp³-hybridized carbons (Fsp3) is 0.393. The van der Waals surface area contributed by atoms with Crippen molar-refractivity contribution in [1.82, 2.24) is 4.90 Å². The van der Waals surface area contributed by atoms with Crippen molar-refractivity contribution in [2.45, 2.75) is 59.0 Å². The number of halogens is 2. The van der Waals surface area contributed by atoms with Crippen LogP contribution in [-0.2, 0) is 9.53 Å². The third-order valence-corrected chi connectivity index (χ3v) is 6.83. The van der Waals surface area contributed by atoms with Gasteiger partial charge in [0.1, 0.15) is 5.60 Å². The molecule has 0 unspecified atom stereocenters. The van der Waals surface area contributed by atoms with Crippen LogP contribution < -0.4 is 0 Å². The minimum atomic E-state index is -0.585. The number of thioether (sulfide) groups is 1. The topological polar surface area (TPSA) is 29.5 Å². The molecular weight excluding hydrogens is 530 g/mol. The zero-order chi connectivity index (χ0) is 25.6. The van der Waals surface area contributed by atoms with Gasteiger partial charge in [-0.2, -0.15) is 0 Å². The highest BCUT2D eigenvalue weighted by Crippen LogP contribution is 2.42. The van der Waals surface area contributed by atoms with Gasteiger partial charge in [-0.3, -0.25) is 0 Å². The molecular formula is C28H35BrClNO2S. The van der Waals surface area contributed by atoms with E-state index < -0.39 is 5.60 Å². The average molecular weight is 565 g/mol. The van der Waals surface area contributed by atoms with Crippen LogP contribution in [0.4, 0.5) is 0 Å². The predicted octanol–water partition coefficient (Wildman–Crippen LogP) is 8.72. The summed E-state index contributed by atoms with van der Waals surface area (Å²) in [7, 11) is 0. The van der Waals surface area contributed by atoms with Crippen molar-refractivity contribution in [3.63, 3.8) is 0 Å². The lowest BCUT2D eigenvalue weighted by atomic mass is 9.90. The second kappa shape index (κ2) is 12.3. The van der Waals surface area contributed by atoms with Gasteiger partial charge in [0.25, 0.3) is 0 Å². The molecule has 0 saturated carbocycles. The lowest BCUT2D eigenvalue weighted by Gasteiger charge is -2.36. The normalized spacial score (nSPS) is 15.6. The summed E-state index contributed by atoms with van der Waals surface area (Å²) < 4.78 is 6.79. The van der Waals surface area contributed by atoms with Crippen LogP contribution in [0.5, 0.6) is 0 Å². The number of rotatable bonds is 8. The van der Waals surface area contributed by atoms with Gasteiger partial charge in [-0.05, 0) is 69.9 Å². The van der Waals surface area contributed by atoms with Crippen molar-refractivity contribution in [3.05, 3.63) is 85.9 Å². The molecule has 1 heterocycles. The molecule has 0 N–H and O–H groups in total. The molecule has 0 atom stereocenters. The van der Waals surface area contributed by atoms with Crippen molar-refractivity contribution in [2.24, 2.45) is 5.92 Å². The van der Waals surface area contributed by atoms with Crippen molar-refractivity contribution >= 4 is 45.3 Å². The van der Waals surface area contributed by atoms with Crippen LogP contribution in [0.2, 0.25) is 5.02 Å². The molecule has 0 bridgehead atoms. The number of ether oxygens (including phenoxy) is 1. The molecule has 2 rings (SSSR count). The van der Waals surface area contributed by atoms with E-state index in [1.807, 2.05) is 65.0 Å². The summed E-state index contributed by atoms with van der Waals surface area (Å²) in [5.41, 5.74) is 3.14. The Labute approximate surface area is 222 Å². The number of allylic oxidation sites excluding steroid dienone is 4. The summed E-state index contributed by atoms with van der Waals surface area (Å²) >= 11 is 11.5. The van der Waals surface area contributed by atoms with E-state index >= 15 is 0 Å².